The Balaban J connectivity index is 2.17. The average molecular weight is 278 g/mol. The predicted molar refractivity (Wildman–Crippen MR) is 74.5 cm³/mol. The summed E-state index contributed by atoms with van der Waals surface area (Å²) < 4.78 is 0. The molecule has 2 heterocycles. The topological polar surface area (TPSA) is 81.0 Å². The first-order valence-corrected chi connectivity index (χ1v) is 6.57. The maximum atomic E-state index is 11.0. The molecule has 0 saturated heterocycles. The van der Waals surface area contributed by atoms with Gasteiger partial charge in [-0.05, 0) is 26.3 Å². The van der Waals surface area contributed by atoms with Gasteiger partial charge in [0.25, 0.3) is 0 Å². The van der Waals surface area contributed by atoms with E-state index in [1.165, 1.54) is 6.07 Å². The molecule has 0 aromatic carbocycles. The highest BCUT2D eigenvalue weighted by Crippen LogP contribution is 2.24. The number of aromatic nitrogens is 2. The molecule has 1 N–H and O–H groups in total. The first-order chi connectivity index (χ1) is 8.97. The SMILES string of the molecule is Cc1cnc(NCc2nc(C)c(C)s2)c([N+](=O)[O-])c1. The van der Waals surface area contributed by atoms with Gasteiger partial charge in [0.05, 0.1) is 17.2 Å². The van der Waals surface area contributed by atoms with E-state index in [1.807, 2.05) is 13.8 Å². The number of pyridine rings is 1. The van der Waals surface area contributed by atoms with Gasteiger partial charge in [0.2, 0.25) is 5.82 Å². The molecule has 7 heteroatoms. The van der Waals surface area contributed by atoms with E-state index in [0.29, 0.717) is 6.54 Å². The zero-order valence-corrected chi connectivity index (χ0v) is 11.7. The second-order valence-corrected chi connectivity index (χ2v) is 5.53. The normalized spacial score (nSPS) is 10.5. The summed E-state index contributed by atoms with van der Waals surface area (Å²) in [5.74, 6) is 0.279. The molecule has 0 aliphatic carbocycles. The zero-order chi connectivity index (χ0) is 14.0. The molecule has 0 aliphatic rings. The number of hydrogen-bond acceptors (Lipinski definition) is 6. The third kappa shape index (κ3) is 3.05. The Morgan fingerprint density at radius 1 is 1.42 bits per heavy atom. The van der Waals surface area contributed by atoms with Crippen molar-refractivity contribution in [2.45, 2.75) is 27.3 Å². The van der Waals surface area contributed by atoms with Crippen molar-refractivity contribution in [2.75, 3.05) is 5.32 Å². The number of hydrogen-bond donors (Lipinski definition) is 1. The number of rotatable bonds is 4. The Bertz CT molecular complexity index is 605. The molecule has 0 fully saturated rings. The fourth-order valence-electron chi connectivity index (χ4n) is 1.60. The van der Waals surface area contributed by atoms with Crippen LogP contribution < -0.4 is 5.32 Å². The Morgan fingerprint density at radius 3 is 2.74 bits per heavy atom. The van der Waals surface area contributed by atoms with Crippen LogP contribution in [0.25, 0.3) is 0 Å². The second-order valence-electron chi connectivity index (χ2n) is 4.24. The number of aryl methyl sites for hydroxylation is 3. The molecule has 2 rings (SSSR count). The first-order valence-electron chi connectivity index (χ1n) is 5.75. The van der Waals surface area contributed by atoms with Gasteiger partial charge in [-0.3, -0.25) is 10.1 Å². The fourth-order valence-corrected chi connectivity index (χ4v) is 2.48. The van der Waals surface area contributed by atoms with Gasteiger partial charge in [-0.25, -0.2) is 9.97 Å². The molecule has 0 spiro atoms. The Hall–Kier alpha value is -2.02. The van der Waals surface area contributed by atoms with Gasteiger partial charge in [-0.15, -0.1) is 11.3 Å². The van der Waals surface area contributed by atoms with E-state index in [9.17, 15) is 10.1 Å². The van der Waals surface area contributed by atoms with Crippen LogP contribution in [0.15, 0.2) is 12.3 Å². The van der Waals surface area contributed by atoms with Crippen molar-refractivity contribution in [3.63, 3.8) is 0 Å². The summed E-state index contributed by atoms with van der Waals surface area (Å²) in [6.07, 6.45) is 1.60. The van der Waals surface area contributed by atoms with E-state index in [2.05, 4.69) is 15.3 Å². The van der Waals surface area contributed by atoms with Crippen LogP contribution in [0, 0.1) is 30.9 Å². The minimum atomic E-state index is -0.430. The number of nitro groups is 1. The molecule has 0 bridgehead atoms. The summed E-state index contributed by atoms with van der Waals surface area (Å²) >= 11 is 1.58. The van der Waals surface area contributed by atoms with Crippen LogP contribution in [-0.4, -0.2) is 14.9 Å². The lowest BCUT2D eigenvalue weighted by atomic mass is 10.3. The van der Waals surface area contributed by atoms with Gasteiger partial charge in [0.15, 0.2) is 0 Å². The first kappa shape index (κ1) is 13.4. The van der Waals surface area contributed by atoms with Crippen LogP contribution >= 0.6 is 11.3 Å². The largest absolute Gasteiger partial charge is 0.358 e. The van der Waals surface area contributed by atoms with E-state index in [1.54, 1.807) is 24.5 Å². The minimum Gasteiger partial charge on any atom is -0.358 e. The molecule has 19 heavy (non-hydrogen) atoms. The van der Waals surface area contributed by atoms with Gasteiger partial charge < -0.3 is 5.32 Å². The lowest BCUT2D eigenvalue weighted by Crippen LogP contribution is -2.04. The molecule has 0 unspecified atom stereocenters. The highest BCUT2D eigenvalue weighted by Gasteiger charge is 2.15. The Kier molecular flexibility index (Phi) is 3.75. The molecule has 2 aromatic rings. The van der Waals surface area contributed by atoms with E-state index in [-0.39, 0.29) is 11.5 Å². The quantitative estimate of drug-likeness (QED) is 0.687. The standard InChI is InChI=1S/C12H14N4O2S/c1-7-4-10(16(17)18)12(13-5-7)14-6-11-15-8(2)9(3)19-11/h4-5H,6H2,1-3H3,(H,13,14). The highest BCUT2D eigenvalue weighted by molar-refractivity contribution is 7.11. The van der Waals surface area contributed by atoms with Crippen LogP contribution in [0.5, 0.6) is 0 Å². The van der Waals surface area contributed by atoms with E-state index < -0.39 is 4.92 Å². The molecular formula is C12H14N4O2S. The maximum Gasteiger partial charge on any atom is 0.311 e. The van der Waals surface area contributed by atoms with E-state index in [4.69, 9.17) is 0 Å². The Morgan fingerprint density at radius 2 is 2.16 bits per heavy atom. The van der Waals surface area contributed by atoms with Crippen molar-refractivity contribution >= 4 is 22.8 Å². The summed E-state index contributed by atoms with van der Waals surface area (Å²) in [6.45, 7) is 6.17. The molecule has 100 valence electrons. The van der Waals surface area contributed by atoms with Crippen LogP contribution in [0.3, 0.4) is 0 Å². The lowest BCUT2D eigenvalue weighted by Gasteiger charge is -2.04. The summed E-state index contributed by atoms with van der Waals surface area (Å²) in [4.78, 5) is 20.1. The van der Waals surface area contributed by atoms with Gasteiger partial charge in [0, 0.05) is 17.1 Å². The molecular weight excluding hydrogens is 264 g/mol. The maximum absolute atomic E-state index is 11.0. The van der Waals surface area contributed by atoms with Gasteiger partial charge in [-0.2, -0.15) is 0 Å². The van der Waals surface area contributed by atoms with Crippen LogP contribution in [0.1, 0.15) is 21.1 Å². The van der Waals surface area contributed by atoms with Crippen LogP contribution in [0.4, 0.5) is 11.5 Å². The van der Waals surface area contributed by atoms with Crippen LogP contribution in [-0.2, 0) is 6.54 Å². The molecule has 6 nitrogen and oxygen atoms in total. The smallest absolute Gasteiger partial charge is 0.311 e. The third-order valence-corrected chi connectivity index (χ3v) is 3.75. The monoisotopic (exact) mass is 278 g/mol. The summed E-state index contributed by atoms with van der Waals surface area (Å²) in [7, 11) is 0. The predicted octanol–water partition coefficient (Wildman–Crippen LogP) is 2.98. The minimum absolute atomic E-state index is 0.00926. The van der Waals surface area contributed by atoms with Gasteiger partial charge >= 0.3 is 5.69 Å². The summed E-state index contributed by atoms with van der Waals surface area (Å²) in [5, 5.41) is 14.8. The second kappa shape index (κ2) is 5.31. The molecule has 2 aromatic heterocycles. The van der Waals surface area contributed by atoms with Crippen LogP contribution in [0.2, 0.25) is 0 Å². The lowest BCUT2D eigenvalue weighted by molar-refractivity contribution is -0.384. The molecule has 0 saturated carbocycles. The molecule has 0 aliphatic heterocycles. The molecule has 0 radical (unpaired) electrons. The molecule has 0 amide bonds. The number of thiazole rings is 1. The van der Waals surface area contributed by atoms with Gasteiger partial charge in [-0.1, -0.05) is 0 Å². The van der Waals surface area contributed by atoms with Gasteiger partial charge in [0.1, 0.15) is 5.01 Å². The van der Waals surface area contributed by atoms with E-state index >= 15 is 0 Å². The van der Waals surface area contributed by atoms with Crippen molar-refractivity contribution in [3.05, 3.63) is 43.5 Å². The zero-order valence-electron chi connectivity index (χ0n) is 10.9. The fraction of sp³-hybridized carbons (Fsp3) is 0.333. The Labute approximate surface area is 114 Å². The van der Waals surface area contributed by atoms with Crippen molar-refractivity contribution in [1.29, 1.82) is 0 Å². The van der Waals surface area contributed by atoms with Crippen molar-refractivity contribution in [1.82, 2.24) is 9.97 Å². The number of anilines is 1. The number of nitrogens with zero attached hydrogens (tertiary/aromatic N) is 3. The van der Waals surface area contributed by atoms with Crippen molar-refractivity contribution in [3.8, 4) is 0 Å². The molecule has 0 atom stereocenters. The van der Waals surface area contributed by atoms with Crippen molar-refractivity contribution in [2.24, 2.45) is 0 Å². The number of nitrogens with one attached hydrogen (secondary N) is 1. The van der Waals surface area contributed by atoms with Crippen molar-refractivity contribution < 1.29 is 4.92 Å². The highest BCUT2D eigenvalue weighted by atomic mass is 32.1. The summed E-state index contributed by atoms with van der Waals surface area (Å²) in [5.41, 5.74) is 1.75. The summed E-state index contributed by atoms with van der Waals surface area (Å²) in [6, 6.07) is 1.51. The average Bonchev–Trinajstić information content (AvgIpc) is 2.67. The van der Waals surface area contributed by atoms with E-state index in [0.717, 1.165) is 21.1 Å². The third-order valence-electron chi connectivity index (χ3n) is 2.68.